The average Bonchev–Trinajstić information content (AvgIpc) is 3.70. The highest BCUT2D eigenvalue weighted by Crippen LogP contribution is 2.48. The third-order valence-electron chi connectivity index (χ3n) is 5.70. The van der Waals surface area contributed by atoms with Gasteiger partial charge in [-0.3, -0.25) is 4.99 Å². The van der Waals surface area contributed by atoms with Crippen molar-refractivity contribution in [1.29, 1.82) is 0 Å². The summed E-state index contributed by atoms with van der Waals surface area (Å²) in [5.74, 6) is 13.1. The van der Waals surface area contributed by atoms with Crippen LogP contribution in [0.1, 0.15) is 50.7 Å². The normalized spacial score (nSPS) is 21.1. The molecule has 0 amide bonds. The van der Waals surface area contributed by atoms with Crippen molar-refractivity contribution in [2.24, 2.45) is 32.3 Å². The third-order valence-corrected chi connectivity index (χ3v) is 5.70. The highest BCUT2D eigenvalue weighted by molar-refractivity contribution is 6.61. The molecule has 2 saturated carbocycles. The first-order valence-corrected chi connectivity index (χ1v) is 11.4. The van der Waals surface area contributed by atoms with Crippen LogP contribution in [0.3, 0.4) is 0 Å². The molecule has 170 valence electrons. The molecule has 1 saturated heterocycles. The minimum Gasteiger partial charge on any atom is -0.473 e. The second-order valence-corrected chi connectivity index (χ2v) is 9.19. The molecule has 4 rings (SSSR count). The van der Waals surface area contributed by atoms with Gasteiger partial charge in [0.1, 0.15) is 0 Å². The van der Waals surface area contributed by atoms with Crippen molar-refractivity contribution in [3.8, 4) is 11.8 Å². The largest absolute Gasteiger partial charge is 0.473 e. The van der Waals surface area contributed by atoms with E-state index in [9.17, 15) is 0 Å². The Balaban J connectivity index is 1.44. The average molecular weight is 437 g/mol. The van der Waals surface area contributed by atoms with Crippen LogP contribution in [0.25, 0.3) is 0 Å². The molecule has 0 atom stereocenters. The molecule has 0 radical (unpaired) electrons. The predicted octanol–water partition coefficient (Wildman–Crippen LogP) is 3.75. The maximum absolute atomic E-state index is 5.92. The van der Waals surface area contributed by atoms with Crippen LogP contribution >= 0.6 is 0 Å². The van der Waals surface area contributed by atoms with E-state index in [1.54, 1.807) is 6.21 Å². The first-order valence-electron chi connectivity index (χ1n) is 11.4. The Bertz CT molecular complexity index is 969. The minimum absolute atomic E-state index is 0.0948. The van der Waals surface area contributed by atoms with E-state index in [0.717, 1.165) is 30.0 Å². The van der Waals surface area contributed by atoms with Crippen LogP contribution in [0.15, 0.2) is 33.3 Å². The van der Waals surface area contributed by atoms with Gasteiger partial charge in [-0.25, -0.2) is 4.99 Å². The van der Waals surface area contributed by atoms with E-state index in [4.69, 9.17) is 25.0 Å². The lowest BCUT2D eigenvalue weighted by Crippen LogP contribution is -2.35. The second kappa shape index (κ2) is 9.85. The third kappa shape index (κ3) is 6.18. The van der Waals surface area contributed by atoms with E-state index in [2.05, 4.69) is 21.9 Å². The Hall–Kier alpha value is -2.69. The van der Waals surface area contributed by atoms with Crippen molar-refractivity contribution in [3.63, 3.8) is 0 Å². The van der Waals surface area contributed by atoms with Crippen molar-refractivity contribution < 1.29 is 14.2 Å². The van der Waals surface area contributed by atoms with Gasteiger partial charge >= 0.3 is 0 Å². The maximum atomic E-state index is 5.92. The van der Waals surface area contributed by atoms with E-state index >= 15 is 0 Å². The zero-order chi connectivity index (χ0) is 22.6. The topological polar surface area (TPSA) is 90.8 Å². The Morgan fingerprint density at radius 3 is 2.62 bits per heavy atom. The first-order chi connectivity index (χ1) is 15.5. The predicted molar refractivity (Wildman–Crippen MR) is 126 cm³/mol. The first kappa shape index (κ1) is 22.5. The van der Waals surface area contributed by atoms with Crippen molar-refractivity contribution in [2.75, 3.05) is 19.8 Å². The molecule has 3 fully saturated rings. The summed E-state index contributed by atoms with van der Waals surface area (Å²) in [5, 5.41) is 3.86. The van der Waals surface area contributed by atoms with Gasteiger partial charge in [-0.05, 0) is 70.2 Å². The minimum atomic E-state index is -0.338. The van der Waals surface area contributed by atoms with E-state index in [1.165, 1.54) is 25.7 Å². The fraction of sp³-hybridized carbons (Fsp3) is 0.560. The molecule has 2 N–H and O–H groups in total. The monoisotopic (exact) mass is 436 g/mol. The van der Waals surface area contributed by atoms with Crippen LogP contribution in [-0.2, 0) is 14.2 Å². The quantitative estimate of drug-likeness (QED) is 0.242. The summed E-state index contributed by atoms with van der Waals surface area (Å²) >= 11 is 0. The number of aryl methyl sites for hydroxylation is 1. The summed E-state index contributed by atoms with van der Waals surface area (Å²) in [7, 11) is 0. The molecular weight excluding hydrogens is 404 g/mol. The van der Waals surface area contributed by atoms with Gasteiger partial charge in [0.15, 0.2) is 12.0 Å². The molecule has 3 aliphatic rings. The SMILES string of the molecule is Cc1cc(C#CC2CC2)ccc1N=C(OC(C)C)/C(C=NCC1OCC2(CC2)CO1)=N/N. The highest BCUT2D eigenvalue weighted by Gasteiger charge is 2.46. The lowest BCUT2D eigenvalue weighted by atomic mass is 10.1. The summed E-state index contributed by atoms with van der Waals surface area (Å²) in [4.78, 5) is 9.12. The fourth-order valence-electron chi connectivity index (χ4n) is 3.32. The Kier molecular flexibility index (Phi) is 6.92. The van der Waals surface area contributed by atoms with Crippen LogP contribution in [0.4, 0.5) is 5.69 Å². The van der Waals surface area contributed by atoms with Gasteiger partial charge in [-0.2, -0.15) is 5.10 Å². The van der Waals surface area contributed by atoms with Crippen LogP contribution in [0.5, 0.6) is 0 Å². The summed E-state index contributed by atoms with van der Waals surface area (Å²) in [6.07, 6.45) is 5.94. The molecule has 7 heteroatoms. The van der Waals surface area contributed by atoms with E-state index in [-0.39, 0.29) is 17.8 Å². The van der Waals surface area contributed by atoms with Crippen LogP contribution < -0.4 is 5.84 Å². The van der Waals surface area contributed by atoms with Gasteiger partial charge in [0.05, 0.1) is 37.8 Å². The number of nitrogens with zero attached hydrogens (tertiary/aromatic N) is 3. The molecule has 0 unspecified atom stereocenters. The molecular formula is C25H32N4O3. The Morgan fingerprint density at radius 1 is 1.28 bits per heavy atom. The van der Waals surface area contributed by atoms with Gasteiger partial charge in [-0.15, -0.1) is 0 Å². The molecule has 2 aliphatic carbocycles. The number of benzene rings is 1. The van der Waals surface area contributed by atoms with Crippen LogP contribution in [0, 0.1) is 30.1 Å². The fourth-order valence-corrected chi connectivity index (χ4v) is 3.32. The van der Waals surface area contributed by atoms with E-state index in [1.807, 2.05) is 39.0 Å². The number of hydrogen-bond acceptors (Lipinski definition) is 7. The lowest BCUT2D eigenvalue weighted by Gasteiger charge is -2.28. The zero-order valence-corrected chi connectivity index (χ0v) is 19.1. The lowest BCUT2D eigenvalue weighted by molar-refractivity contribution is -0.201. The molecule has 1 spiro atoms. The highest BCUT2D eigenvalue weighted by atomic mass is 16.7. The van der Waals surface area contributed by atoms with Crippen molar-refractivity contribution in [1.82, 2.24) is 0 Å². The van der Waals surface area contributed by atoms with Gasteiger partial charge in [0.2, 0.25) is 5.90 Å². The molecule has 0 aromatic heterocycles. The molecule has 1 aromatic carbocycles. The van der Waals surface area contributed by atoms with Crippen molar-refractivity contribution >= 4 is 23.5 Å². The molecule has 1 heterocycles. The smallest absolute Gasteiger partial charge is 0.244 e. The number of rotatable bonds is 6. The number of hydrazone groups is 1. The molecule has 0 bridgehead atoms. The second-order valence-electron chi connectivity index (χ2n) is 9.19. The Labute approximate surface area is 190 Å². The van der Waals surface area contributed by atoms with Crippen molar-refractivity contribution in [2.45, 2.75) is 58.8 Å². The summed E-state index contributed by atoms with van der Waals surface area (Å²) in [6.45, 7) is 7.73. The van der Waals surface area contributed by atoms with Crippen LogP contribution in [0.2, 0.25) is 0 Å². The number of nitrogens with two attached hydrogens (primary N) is 1. The van der Waals surface area contributed by atoms with E-state index < -0.39 is 0 Å². The van der Waals surface area contributed by atoms with Gasteiger partial charge in [-0.1, -0.05) is 11.8 Å². The summed E-state index contributed by atoms with van der Waals surface area (Å²) in [6, 6.07) is 5.96. The maximum Gasteiger partial charge on any atom is 0.244 e. The zero-order valence-electron chi connectivity index (χ0n) is 19.1. The molecule has 1 aromatic rings. The van der Waals surface area contributed by atoms with E-state index in [0.29, 0.717) is 24.1 Å². The molecule has 7 nitrogen and oxygen atoms in total. The number of aliphatic imine (C=N–C) groups is 2. The number of ether oxygens (including phenoxy) is 3. The van der Waals surface area contributed by atoms with Gasteiger partial charge in [0, 0.05) is 16.9 Å². The summed E-state index contributed by atoms with van der Waals surface area (Å²) in [5.41, 5.74) is 3.41. The Morgan fingerprint density at radius 2 is 2.03 bits per heavy atom. The number of hydrogen-bond donors (Lipinski definition) is 1. The molecule has 32 heavy (non-hydrogen) atoms. The van der Waals surface area contributed by atoms with Crippen molar-refractivity contribution in [3.05, 3.63) is 29.3 Å². The van der Waals surface area contributed by atoms with Gasteiger partial charge < -0.3 is 20.1 Å². The van der Waals surface area contributed by atoms with Gasteiger partial charge in [0.25, 0.3) is 0 Å². The van der Waals surface area contributed by atoms with Crippen LogP contribution in [-0.4, -0.2) is 50.0 Å². The summed E-state index contributed by atoms with van der Waals surface area (Å²) < 4.78 is 17.5. The standard InChI is InChI=1S/C25H32N4O3/c1-17(2)32-24(28-21-9-8-20(12-18(21)3)7-6-19-4-5-19)22(29-26)13-27-14-23-30-15-25(10-11-25)16-31-23/h8-9,12-13,17,19,23H,4-5,10-11,14-16,26H2,1-3H3/b27-13?,28-24?,29-22+. The molecule has 1 aliphatic heterocycles.